The summed E-state index contributed by atoms with van der Waals surface area (Å²) in [6.45, 7) is 0. The van der Waals surface area contributed by atoms with Crippen molar-refractivity contribution in [3.05, 3.63) is 51.5 Å². The van der Waals surface area contributed by atoms with E-state index in [0.717, 1.165) is 0 Å². The van der Waals surface area contributed by atoms with Crippen LogP contribution in [0.1, 0.15) is 0 Å². The van der Waals surface area contributed by atoms with Crippen molar-refractivity contribution in [2.24, 2.45) is 0 Å². The molecule has 18 heavy (non-hydrogen) atoms. The molecule has 0 saturated carbocycles. The van der Waals surface area contributed by atoms with Crippen LogP contribution >= 0.6 is 15.9 Å². The Labute approximate surface area is 110 Å². The number of nitrogens with one attached hydrogen (secondary N) is 1. The number of hydrogen-bond donors (Lipinski definition) is 1. The van der Waals surface area contributed by atoms with Crippen molar-refractivity contribution in [3.8, 4) is 0 Å². The van der Waals surface area contributed by atoms with Crippen molar-refractivity contribution in [2.45, 2.75) is 0 Å². The van der Waals surface area contributed by atoms with Gasteiger partial charge in [0.05, 0.1) is 9.40 Å². The second-order valence-corrected chi connectivity index (χ2v) is 4.18. The summed E-state index contributed by atoms with van der Waals surface area (Å²) in [6, 6.07) is 3.90. The highest BCUT2D eigenvalue weighted by Gasteiger charge is 2.13. The van der Waals surface area contributed by atoms with Gasteiger partial charge in [0.25, 0.3) is 5.69 Å². The van der Waals surface area contributed by atoms with Gasteiger partial charge in [-0.1, -0.05) is 0 Å². The Hall–Kier alpha value is -2.22. The number of nitro groups is 1. The molecule has 0 saturated heterocycles. The average molecular weight is 311 g/mol. The second-order valence-electron chi connectivity index (χ2n) is 3.32. The number of rotatable bonds is 2. The predicted molar refractivity (Wildman–Crippen MR) is 67.4 cm³/mol. The van der Waals surface area contributed by atoms with Crippen molar-refractivity contribution < 1.29 is 9.72 Å². The monoisotopic (exact) mass is 310 g/mol. The molecule has 0 radical (unpaired) electrons. The quantitative estimate of drug-likeness (QED) is 0.682. The third kappa shape index (κ3) is 2.54. The van der Waals surface area contributed by atoms with E-state index in [1.54, 1.807) is 6.07 Å². The number of benzene rings is 1. The van der Waals surface area contributed by atoms with Crippen LogP contribution in [0.4, 0.5) is 16.2 Å². The van der Waals surface area contributed by atoms with Gasteiger partial charge in [-0.25, -0.2) is 9.78 Å². The first-order valence-electron chi connectivity index (χ1n) is 4.81. The van der Waals surface area contributed by atoms with Crippen molar-refractivity contribution in [2.75, 3.05) is 5.32 Å². The summed E-state index contributed by atoms with van der Waals surface area (Å²) in [4.78, 5) is 25.6. The molecule has 0 atom stereocenters. The zero-order valence-corrected chi connectivity index (χ0v) is 10.5. The van der Waals surface area contributed by atoms with Crippen LogP contribution < -0.4 is 5.32 Å². The summed E-state index contributed by atoms with van der Waals surface area (Å²) in [7, 11) is 0. The minimum atomic E-state index is -0.531. The van der Waals surface area contributed by atoms with E-state index in [1.165, 1.54) is 35.4 Å². The second kappa shape index (κ2) is 4.96. The van der Waals surface area contributed by atoms with Crippen LogP contribution in [-0.4, -0.2) is 20.5 Å². The molecule has 0 aliphatic carbocycles. The third-order valence-corrected chi connectivity index (χ3v) is 2.80. The third-order valence-electron chi connectivity index (χ3n) is 2.13. The molecule has 2 aromatic rings. The fraction of sp³-hybridized carbons (Fsp3) is 0. The lowest BCUT2D eigenvalue weighted by Crippen LogP contribution is -2.17. The van der Waals surface area contributed by atoms with Gasteiger partial charge in [0.15, 0.2) is 0 Å². The van der Waals surface area contributed by atoms with Gasteiger partial charge in [-0.05, 0) is 28.1 Å². The van der Waals surface area contributed by atoms with E-state index in [2.05, 4.69) is 26.2 Å². The lowest BCUT2D eigenvalue weighted by Gasteiger charge is -2.05. The minimum Gasteiger partial charge on any atom is -0.307 e. The van der Waals surface area contributed by atoms with Gasteiger partial charge in [0, 0.05) is 24.1 Å². The van der Waals surface area contributed by atoms with Gasteiger partial charge < -0.3 is 5.32 Å². The number of nitrogens with zero attached hydrogens (tertiary/aromatic N) is 3. The number of hydrogen-bond acceptors (Lipinski definition) is 4. The summed E-state index contributed by atoms with van der Waals surface area (Å²) in [5.41, 5.74) is 0.224. The smallest absolute Gasteiger partial charge is 0.307 e. The van der Waals surface area contributed by atoms with E-state index < -0.39 is 11.0 Å². The molecule has 1 aromatic carbocycles. The molecule has 0 aliphatic heterocycles. The molecule has 0 spiro atoms. The Morgan fingerprint density at radius 1 is 1.50 bits per heavy atom. The molecule has 1 aromatic heterocycles. The molecule has 8 heteroatoms. The molecule has 1 heterocycles. The Kier molecular flexibility index (Phi) is 3.38. The first kappa shape index (κ1) is 12.2. The average Bonchev–Trinajstić information content (AvgIpc) is 2.85. The highest BCUT2D eigenvalue weighted by atomic mass is 79.9. The lowest BCUT2D eigenvalue weighted by atomic mass is 10.3. The maximum absolute atomic E-state index is 11.7. The fourth-order valence-corrected chi connectivity index (χ4v) is 1.69. The summed E-state index contributed by atoms with van der Waals surface area (Å²) >= 11 is 3.07. The molecule has 0 fully saturated rings. The van der Waals surface area contributed by atoms with Gasteiger partial charge >= 0.3 is 6.03 Å². The summed E-state index contributed by atoms with van der Waals surface area (Å²) < 4.78 is 1.58. The first-order chi connectivity index (χ1) is 8.58. The van der Waals surface area contributed by atoms with E-state index >= 15 is 0 Å². The maximum atomic E-state index is 11.7. The Morgan fingerprint density at radius 3 is 2.89 bits per heavy atom. The van der Waals surface area contributed by atoms with Crippen molar-refractivity contribution >= 4 is 33.3 Å². The Morgan fingerprint density at radius 2 is 2.28 bits per heavy atom. The van der Waals surface area contributed by atoms with Crippen LogP contribution in [0, 0.1) is 10.1 Å². The molecular weight excluding hydrogens is 304 g/mol. The van der Waals surface area contributed by atoms with Crippen LogP contribution in [0.3, 0.4) is 0 Å². The van der Waals surface area contributed by atoms with Crippen molar-refractivity contribution in [3.63, 3.8) is 0 Å². The molecule has 0 bridgehead atoms. The fourth-order valence-electron chi connectivity index (χ4n) is 1.30. The maximum Gasteiger partial charge on any atom is 0.331 e. The van der Waals surface area contributed by atoms with Crippen LogP contribution in [0.25, 0.3) is 0 Å². The van der Waals surface area contributed by atoms with Gasteiger partial charge in [-0.3, -0.25) is 14.7 Å². The Balaban J connectivity index is 2.22. The minimum absolute atomic E-state index is 0.113. The number of carbonyl (C=O) groups is 1. The van der Waals surface area contributed by atoms with Crippen LogP contribution in [0.2, 0.25) is 0 Å². The molecule has 7 nitrogen and oxygen atoms in total. The topological polar surface area (TPSA) is 90.1 Å². The van der Waals surface area contributed by atoms with Gasteiger partial charge in [0.1, 0.15) is 6.33 Å². The first-order valence-corrected chi connectivity index (χ1v) is 5.60. The van der Waals surface area contributed by atoms with Gasteiger partial charge in [0.2, 0.25) is 0 Å². The molecule has 0 aliphatic rings. The number of aromatic nitrogens is 2. The zero-order chi connectivity index (χ0) is 13.1. The highest BCUT2D eigenvalue weighted by molar-refractivity contribution is 9.10. The van der Waals surface area contributed by atoms with E-state index in [0.29, 0.717) is 10.2 Å². The van der Waals surface area contributed by atoms with E-state index in [1.807, 2.05) is 0 Å². The number of amides is 1. The summed E-state index contributed by atoms with van der Waals surface area (Å²) in [6.07, 6.45) is 4.27. The normalized spacial score (nSPS) is 10.1. The number of halogens is 1. The van der Waals surface area contributed by atoms with E-state index in [-0.39, 0.29) is 5.69 Å². The van der Waals surface area contributed by atoms with E-state index in [9.17, 15) is 14.9 Å². The standard InChI is InChI=1S/C10H7BrN4O3/c11-8-2-1-7(5-9(8)15(17)18)13-10(16)14-4-3-12-6-14/h1-6H,(H,13,16). The molecule has 92 valence electrons. The van der Waals surface area contributed by atoms with Crippen LogP contribution in [0.5, 0.6) is 0 Å². The van der Waals surface area contributed by atoms with Gasteiger partial charge in [-0.15, -0.1) is 0 Å². The molecule has 1 amide bonds. The zero-order valence-electron chi connectivity index (χ0n) is 8.91. The molecule has 0 unspecified atom stereocenters. The van der Waals surface area contributed by atoms with Crippen molar-refractivity contribution in [1.29, 1.82) is 0 Å². The Bertz CT molecular complexity index is 597. The molecular formula is C10H7BrN4O3. The van der Waals surface area contributed by atoms with Crippen LogP contribution in [0.15, 0.2) is 41.4 Å². The van der Waals surface area contributed by atoms with E-state index in [4.69, 9.17) is 0 Å². The number of carbonyl (C=O) groups excluding carboxylic acids is 1. The van der Waals surface area contributed by atoms with Gasteiger partial charge in [-0.2, -0.15) is 0 Å². The predicted octanol–water partition coefficient (Wildman–Crippen LogP) is 2.63. The number of anilines is 1. The highest BCUT2D eigenvalue weighted by Crippen LogP contribution is 2.27. The number of imidazole rings is 1. The molecule has 2 rings (SSSR count). The lowest BCUT2D eigenvalue weighted by molar-refractivity contribution is -0.385. The van der Waals surface area contributed by atoms with Crippen LogP contribution in [-0.2, 0) is 0 Å². The molecule has 1 N–H and O–H groups in total. The SMILES string of the molecule is O=C(Nc1ccc(Br)c([N+](=O)[O-])c1)n1ccnc1. The number of nitro benzene ring substituents is 1. The summed E-state index contributed by atoms with van der Waals surface area (Å²) in [5.74, 6) is 0. The van der Waals surface area contributed by atoms with Crippen molar-refractivity contribution in [1.82, 2.24) is 9.55 Å². The summed E-state index contributed by atoms with van der Waals surface area (Å²) in [5, 5.41) is 13.3. The largest absolute Gasteiger partial charge is 0.331 e.